The van der Waals surface area contributed by atoms with Crippen LogP contribution in [0.3, 0.4) is 0 Å². The molecule has 0 amide bonds. The van der Waals surface area contributed by atoms with Gasteiger partial charge in [-0.3, -0.25) is 0 Å². The van der Waals surface area contributed by atoms with Crippen molar-refractivity contribution in [3.8, 4) is 0 Å². The summed E-state index contributed by atoms with van der Waals surface area (Å²) in [5.74, 6) is -0.599. The highest BCUT2D eigenvalue weighted by Crippen LogP contribution is 2.22. The molecule has 0 aliphatic rings. The standard InChI is InChI=1S/C6H7Cl3O2/c1-6(9,3-4(7)8)5(10)11-2/h3H,1-2H3. The molecule has 0 aliphatic heterocycles. The molecule has 5 heteroatoms. The number of hydrogen-bond donors (Lipinski definition) is 0. The summed E-state index contributed by atoms with van der Waals surface area (Å²) in [5.41, 5.74) is 0. The number of carbonyl (C=O) groups excluding carboxylic acids is 1. The Hall–Kier alpha value is 0.0800. The lowest BCUT2D eigenvalue weighted by Crippen LogP contribution is -2.27. The van der Waals surface area contributed by atoms with Gasteiger partial charge in [0.05, 0.1) is 7.11 Å². The molecule has 0 saturated heterocycles. The Morgan fingerprint density at radius 3 is 2.27 bits per heavy atom. The molecule has 0 rings (SSSR count). The largest absolute Gasteiger partial charge is 0.467 e. The molecule has 0 saturated carbocycles. The van der Waals surface area contributed by atoms with Gasteiger partial charge in [0.1, 0.15) is 4.49 Å². The van der Waals surface area contributed by atoms with Crippen LogP contribution in [0.4, 0.5) is 0 Å². The third-order valence-electron chi connectivity index (χ3n) is 0.965. The predicted molar refractivity (Wildman–Crippen MR) is 46.1 cm³/mol. The topological polar surface area (TPSA) is 26.3 Å². The van der Waals surface area contributed by atoms with E-state index in [1.807, 2.05) is 0 Å². The van der Waals surface area contributed by atoms with Crippen LogP contribution in [0.2, 0.25) is 0 Å². The Kier molecular flexibility index (Phi) is 4.22. The van der Waals surface area contributed by atoms with Gasteiger partial charge in [0.25, 0.3) is 0 Å². The summed E-state index contributed by atoms with van der Waals surface area (Å²) in [5, 5.41) is 0. The molecule has 0 aromatic carbocycles. The second kappa shape index (κ2) is 4.19. The first kappa shape index (κ1) is 11.1. The van der Waals surface area contributed by atoms with E-state index in [-0.39, 0.29) is 4.49 Å². The molecule has 0 heterocycles. The van der Waals surface area contributed by atoms with Crippen LogP contribution in [-0.2, 0) is 9.53 Å². The van der Waals surface area contributed by atoms with Gasteiger partial charge in [0.15, 0.2) is 4.87 Å². The van der Waals surface area contributed by atoms with Crippen molar-refractivity contribution in [2.24, 2.45) is 0 Å². The molecule has 64 valence electrons. The van der Waals surface area contributed by atoms with E-state index in [0.717, 1.165) is 0 Å². The molecular formula is C6H7Cl3O2. The number of hydrogen-bond acceptors (Lipinski definition) is 2. The van der Waals surface area contributed by atoms with E-state index in [1.54, 1.807) is 0 Å². The fourth-order valence-corrected chi connectivity index (χ4v) is 1.20. The summed E-state index contributed by atoms with van der Waals surface area (Å²) >= 11 is 16.3. The van der Waals surface area contributed by atoms with Crippen LogP contribution < -0.4 is 0 Å². The van der Waals surface area contributed by atoms with Gasteiger partial charge in [-0.1, -0.05) is 23.2 Å². The van der Waals surface area contributed by atoms with Crippen LogP contribution in [-0.4, -0.2) is 18.0 Å². The lowest BCUT2D eigenvalue weighted by atomic mass is 10.2. The van der Waals surface area contributed by atoms with Gasteiger partial charge in [-0.15, -0.1) is 11.6 Å². The van der Waals surface area contributed by atoms with Gasteiger partial charge < -0.3 is 4.74 Å². The van der Waals surface area contributed by atoms with Crippen molar-refractivity contribution in [3.05, 3.63) is 10.6 Å². The maximum Gasteiger partial charge on any atom is 0.330 e. The van der Waals surface area contributed by atoms with E-state index < -0.39 is 10.8 Å². The fraction of sp³-hybridized carbons (Fsp3) is 0.500. The Morgan fingerprint density at radius 1 is 1.55 bits per heavy atom. The number of esters is 1. The molecule has 0 aliphatic carbocycles. The third-order valence-corrected chi connectivity index (χ3v) is 1.45. The molecule has 0 radical (unpaired) electrons. The first-order valence-electron chi connectivity index (χ1n) is 2.71. The Morgan fingerprint density at radius 2 is 2.00 bits per heavy atom. The number of ether oxygens (including phenoxy) is 1. The van der Waals surface area contributed by atoms with E-state index in [0.29, 0.717) is 0 Å². The minimum atomic E-state index is -1.28. The smallest absolute Gasteiger partial charge is 0.330 e. The van der Waals surface area contributed by atoms with Crippen LogP contribution in [0.15, 0.2) is 10.6 Å². The molecule has 0 spiro atoms. The van der Waals surface area contributed by atoms with Gasteiger partial charge in [0, 0.05) is 0 Å². The SMILES string of the molecule is COC(=O)C(C)(Cl)C=C(Cl)Cl. The molecule has 0 bridgehead atoms. The Bertz CT molecular complexity index is 182. The van der Waals surface area contributed by atoms with Crippen molar-refractivity contribution in [1.82, 2.24) is 0 Å². The average molecular weight is 217 g/mol. The first-order valence-corrected chi connectivity index (χ1v) is 3.84. The van der Waals surface area contributed by atoms with Crippen molar-refractivity contribution in [2.45, 2.75) is 11.8 Å². The molecular weight excluding hydrogens is 210 g/mol. The van der Waals surface area contributed by atoms with E-state index >= 15 is 0 Å². The predicted octanol–water partition coefficient (Wildman–Crippen LogP) is 2.48. The number of alkyl halides is 1. The van der Waals surface area contributed by atoms with Crippen LogP contribution in [0, 0.1) is 0 Å². The van der Waals surface area contributed by atoms with Gasteiger partial charge in [-0.2, -0.15) is 0 Å². The molecule has 2 nitrogen and oxygen atoms in total. The summed E-state index contributed by atoms with van der Waals surface area (Å²) in [6.45, 7) is 1.44. The highest BCUT2D eigenvalue weighted by Gasteiger charge is 2.29. The second-order valence-electron chi connectivity index (χ2n) is 2.00. The average Bonchev–Trinajstić information content (AvgIpc) is 1.83. The summed E-state index contributed by atoms with van der Waals surface area (Å²) in [6, 6.07) is 0. The maximum atomic E-state index is 10.9. The lowest BCUT2D eigenvalue weighted by molar-refractivity contribution is -0.141. The summed E-state index contributed by atoms with van der Waals surface area (Å²) in [6.07, 6.45) is 1.20. The number of halogens is 3. The summed E-state index contributed by atoms with van der Waals surface area (Å²) in [7, 11) is 1.24. The van der Waals surface area contributed by atoms with Crippen LogP contribution in [0.25, 0.3) is 0 Å². The van der Waals surface area contributed by atoms with Crippen molar-refractivity contribution < 1.29 is 9.53 Å². The number of rotatable bonds is 2. The van der Waals surface area contributed by atoms with Gasteiger partial charge >= 0.3 is 5.97 Å². The molecule has 0 aromatic heterocycles. The maximum absolute atomic E-state index is 10.9. The Balaban J connectivity index is 4.46. The van der Waals surface area contributed by atoms with Gasteiger partial charge in [0.2, 0.25) is 0 Å². The third kappa shape index (κ3) is 3.85. The molecule has 11 heavy (non-hydrogen) atoms. The minimum Gasteiger partial charge on any atom is -0.467 e. The van der Waals surface area contributed by atoms with Crippen molar-refractivity contribution in [2.75, 3.05) is 7.11 Å². The molecule has 0 N–H and O–H groups in total. The van der Waals surface area contributed by atoms with Gasteiger partial charge in [-0.05, 0) is 13.0 Å². The summed E-state index contributed by atoms with van der Waals surface area (Å²) < 4.78 is 4.32. The quantitative estimate of drug-likeness (QED) is 0.525. The fourth-order valence-electron chi connectivity index (χ4n) is 0.463. The van der Waals surface area contributed by atoms with E-state index in [4.69, 9.17) is 34.8 Å². The Labute approximate surface area is 80.1 Å². The van der Waals surface area contributed by atoms with Crippen molar-refractivity contribution in [3.63, 3.8) is 0 Å². The van der Waals surface area contributed by atoms with E-state index in [1.165, 1.54) is 20.1 Å². The summed E-state index contributed by atoms with van der Waals surface area (Å²) in [4.78, 5) is 9.57. The molecule has 0 aromatic rings. The first-order chi connectivity index (χ1) is 4.90. The van der Waals surface area contributed by atoms with Crippen LogP contribution in [0.1, 0.15) is 6.92 Å². The monoisotopic (exact) mass is 216 g/mol. The zero-order valence-electron chi connectivity index (χ0n) is 6.03. The minimum absolute atomic E-state index is 0.0621. The van der Waals surface area contributed by atoms with E-state index in [2.05, 4.69) is 4.74 Å². The highest BCUT2D eigenvalue weighted by molar-refractivity contribution is 6.56. The van der Waals surface area contributed by atoms with Crippen molar-refractivity contribution >= 4 is 40.8 Å². The second-order valence-corrected chi connectivity index (χ2v) is 3.79. The van der Waals surface area contributed by atoms with Gasteiger partial charge in [-0.25, -0.2) is 4.79 Å². The van der Waals surface area contributed by atoms with E-state index in [9.17, 15) is 4.79 Å². The lowest BCUT2D eigenvalue weighted by Gasteiger charge is -2.13. The highest BCUT2D eigenvalue weighted by atomic mass is 35.5. The zero-order valence-corrected chi connectivity index (χ0v) is 8.30. The number of methoxy groups -OCH3 is 1. The number of carbonyl (C=O) groups is 1. The van der Waals surface area contributed by atoms with Crippen LogP contribution in [0.5, 0.6) is 0 Å². The van der Waals surface area contributed by atoms with Crippen molar-refractivity contribution in [1.29, 1.82) is 0 Å². The normalized spacial score (nSPS) is 15.0. The zero-order chi connectivity index (χ0) is 9.07. The molecule has 0 fully saturated rings. The van der Waals surface area contributed by atoms with Crippen LogP contribution >= 0.6 is 34.8 Å². The molecule has 1 unspecified atom stereocenters. The molecule has 1 atom stereocenters.